The van der Waals surface area contributed by atoms with Gasteiger partial charge in [0.1, 0.15) is 5.76 Å². The monoisotopic (exact) mass is 299 g/mol. The summed E-state index contributed by atoms with van der Waals surface area (Å²) in [5.74, 6) is 0.247. The molecule has 0 atom stereocenters. The Labute approximate surface area is 126 Å². The van der Waals surface area contributed by atoms with Crippen molar-refractivity contribution in [2.75, 3.05) is 4.90 Å². The molecule has 4 nitrogen and oxygen atoms in total. The maximum Gasteiger partial charge on any atom is 0.298 e. The molecule has 0 N–H and O–H groups in total. The third-order valence-corrected chi connectivity index (χ3v) is 4.30. The maximum absolute atomic E-state index is 12.5. The second-order valence-electron chi connectivity index (χ2n) is 4.75. The van der Waals surface area contributed by atoms with Crippen molar-refractivity contribution in [3.05, 3.63) is 58.4 Å². The number of rotatable bonds is 2. The van der Waals surface area contributed by atoms with Gasteiger partial charge in [0.05, 0.1) is 16.9 Å². The Balaban J connectivity index is 2.00. The minimum Gasteiger partial charge on any atom is -0.465 e. The molecule has 1 aliphatic rings. The van der Waals surface area contributed by atoms with Crippen LogP contribution in [0.1, 0.15) is 16.9 Å². The highest BCUT2D eigenvalue weighted by Crippen LogP contribution is 2.37. The van der Waals surface area contributed by atoms with Crippen molar-refractivity contribution in [3.63, 3.8) is 0 Å². The molecule has 21 heavy (non-hydrogen) atoms. The number of aryl methyl sites for hydroxylation is 1. The van der Waals surface area contributed by atoms with Gasteiger partial charge in [-0.1, -0.05) is 12.1 Å². The number of anilines is 1. The van der Waals surface area contributed by atoms with Crippen molar-refractivity contribution >= 4 is 34.7 Å². The fourth-order valence-electron chi connectivity index (χ4n) is 2.16. The average molecular weight is 299 g/mol. The zero-order chi connectivity index (χ0) is 15.0. The molecule has 1 saturated heterocycles. The fourth-order valence-corrected chi connectivity index (χ4v) is 2.97. The Bertz CT molecular complexity index is 747. The van der Waals surface area contributed by atoms with E-state index >= 15 is 0 Å². The van der Waals surface area contributed by atoms with Crippen LogP contribution in [0.3, 0.4) is 0 Å². The number of thioether (sulfide) groups is 1. The minimum absolute atomic E-state index is 0.286. The number of furan rings is 1. The first kappa shape index (κ1) is 13.7. The lowest BCUT2D eigenvalue weighted by Crippen LogP contribution is -2.28. The summed E-state index contributed by atoms with van der Waals surface area (Å²) in [4.78, 5) is 26.3. The molecule has 2 aromatic rings. The third kappa shape index (κ3) is 2.40. The van der Waals surface area contributed by atoms with E-state index in [0.717, 1.165) is 22.9 Å². The Morgan fingerprint density at radius 1 is 1.14 bits per heavy atom. The molecule has 106 valence electrons. The van der Waals surface area contributed by atoms with E-state index in [0.29, 0.717) is 16.4 Å². The number of hydrogen-bond donors (Lipinski definition) is 0. The van der Waals surface area contributed by atoms with E-state index in [4.69, 9.17) is 4.42 Å². The van der Waals surface area contributed by atoms with Crippen molar-refractivity contribution in [2.45, 2.75) is 13.8 Å². The molecular formula is C16H13NO3S. The first-order valence-corrected chi connectivity index (χ1v) is 7.27. The molecule has 0 unspecified atom stereocenters. The Morgan fingerprint density at radius 2 is 1.95 bits per heavy atom. The summed E-state index contributed by atoms with van der Waals surface area (Å²) in [6, 6.07) is 9.06. The van der Waals surface area contributed by atoms with E-state index in [-0.39, 0.29) is 11.1 Å². The predicted molar refractivity (Wildman–Crippen MR) is 83.1 cm³/mol. The standard InChI is InChI=1S/C16H13NO3S/c1-10-5-3-7-13(11(10)2)17-15(18)14(21-16(17)19)9-12-6-4-8-20-12/h3-9H,1-2H3/b14-9+. The van der Waals surface area contributed by atoms with Gasteiger partial charge in [0.15, 0.2) is 0 Å². The van der Waals surface area contributed by atoms with Crippen LogP contribution >= 0.6 is 11.8 Å². The molecule has 2 heterocycles. The molecule has 1 aromatic carbocycles. The van der Waals surface area contributed by atoms with Crippen molar-refractivity contribution in [1.82, 2.24) is 0 Å². The van der Waals surface area contributed by atoms with Crippen LogP contribution in [0.5, 0.6) is 0 Å². The topological polar surface area (TPSA) is 50.5 Å². The molecule has 0 bridgehead atoms. The number of carbonyl (C=O) groups is 2. The Kier molecular flexibility index (Phi) is 3.43. The van der Waals surface area contributed by atoms with Crippen LogP contribution in [-0.4, -0.2) is 11.1 Å². The number of nitrogens with zero attached hydrogens (tertiary/aromatic N) is 1. The summed E-state index contributed by atoms with van der Waals surface area (Å²) in [7, 11) is 0. The summed E-state index contributed by atoms with van der Waals surface area (Å²) in [6.07, 6.45) is 3.12. The third-order valence-electron chi connectivity index (χ3n) is 3.43. The van der Waals surface area contributed by atoms with Gasteiger partial charge in [0.2, 0.25) is 0 Å². The summed E-state index contributed by atoms with van der Waals surface area (Å²) in [5, 5.41) is -0.286. The van der Waals surface area contributed by atoms with Crippen LogP contribution in [-0.2, 0) is 4.79 Å². The first-order chi connectivity index (χ1) is 10.1. The van der Waals surface area contributed by atoms with Crippen LogP contribution in [0.4, 0.5) is 10.5 Å². The maximum atomic E-state index is 12.5. The fraction of sp³-hybridized carbons (Fsp3) is 0.125. The van der Waals surface area contributed by atoms with Gasteiger partial charge < -0.3 is 4.42 Å². The molecule has 1 aliphatic heterocycles. The highest BCUT2D eigenvalue weighted by molar-refractivity contribution is 8.19. The van der Waals surface area contributed by atoms with Crippen molar-refractivity contribution in [3.8, 4) is 0 Å². The second-order valence-corrected chi connectivity index (χ2v) is 5.74. The van der Waals surface area contributed by atoms with Gasteiger partial charge in [-0.15, -0.1) is 0 Å². The SMILES string of the molecule is Cc1cccc(N2C(=O)S/C(=C/c3ccco3)C2=O)c1C. The molecular weight excluding hydrogens is 286 g/mol. The molecule has 0 saturated carbocycles. The number of carbonyl (C=O) groups excluding carboxylic acids is 2. The molecule has 2 amide bonds. The van der Waals surface area contributed by atoms with Crippen LogP contribution in [0, 0.1) is 13.8 Å². The van der Waals surface area contributed by atoms with Gasteiger partial charge in [-0.2, -0.15) is 0 Å². The summed E-state index contributed by atoms with van der Waals surface area (Å²) >= 11 is 0.928. The average Bonchev–Trinajstić information content (AvgIpc) is 3.04. The molecule has 1 aromatic heterocycles. The number of amides is 2. The van der Waals surface area contributed by atoms with Gasteiger partial charge in [-0.3, -0.25) is 9.59 Å². The van der Waals surface area contributed by atoms with Gasteiger partial charge in [0.25, 0.3) is 11.1 Å². The number of imide groups is 1. The van der Waals surface area contributed by atoms with Crippen molar-refractivity contribution in [2.24, 2.45) is 0 Å². The Morgan fingerprint density at radius 3 is 2.67 bits per heavy atom. The first-order valence-electron chi connectivity index (χ1n) is 6.45. The summed E-state index contributed by atoms with van der Waals surface area (Å²) < 4.78 is 5.19. The zero-order valence-electron chi connectivity index (χ0n) is 11.6. The smallest absolute Gasteiger partial charge is 0.298 e. The van der Waals surface area contributed by atoms with Crippen LogP contribution in [0.2, 0.25) is 0 Å². The molecule has 1 fully saturated rings. The highest BCUT2D eigenvalue weighted by atomic mass is 32.2. The summed E-state index contributed by atoms with van der Waals surface area (Å²) in [5.41, 5.74) is 2.61. The van der Waals surface area contributed by atoms with E-state index < -0.39 is 0 Å². The van der Waals surface area contributed by atoms with Crippen molar-refractivity contribution in [1.29, 1.82) is 0 Å². The lowest BCUT2D eigenvalue weighted by molar-refractivity contribution is -0.113. The van der Waals surface area contributed by atoms with Gasteiger partial charge >= 0.3 is 0 Å². The summed E-state index contributed by atoms with van der Waals surface area (Å²) in [6.45, 7) is 3.86. The molecule has 0 aliphatic carbocycles. The lowest BCUT2D eigenvalue weighted by atomic mass is 10.1. The van der Waals surface area contributed by atoms with Crippen LogP contribution in [0.25, 0.3) is 6.08 Å². The second kappa shape index (κ2) is 5.26. The van der Waals surface area contributed by atoms with E-state index in [2.05, 4.69) is 0 Å². The molecule has 5 heteroatoms. The Hall–Kier alpha value is -2.27. The molecule has 3 rings (SSSR count). The van der Waals surface area contributed by atoms with E-state index in [9.17, 15) is 9.59 Å². The van der Waals surface area contributed by atoms with E-state index in [1.807, 2.05) is 26.0 Å². The molecule has 0 radical (unpaired) electrons. The van der Waals surface area contributed by atoms with Crippen LogP contribution in [0.15, 0.2) is 45.9 Å². The van der Waals surface area contributed by atoms with E-state index in [1.165, 1.54) is 11.2 Å². The quantitative estimate of drug-likeness (QED) is 0.782. The molecule has 0 spiro atoms. The van der Waals surface area contributed by atoms with Crippen molar-refractivity contribution < 1.29 is 14.0 Å². The van der Waals surface area contributed by atoms with Gasteiger partial charge in [-0.05, 0) is 54.9 Å². The zero-order valence-corrected chi connectivity index (χ0v) is 12.4. The lowest BCUT2D eigenvalue weighted by Gasteiger charge is -2.16. The largest absolute Gasteiger partial charge is 0.465 e. The van der Waals surface area contributed by atoms with E-state index in [1.54, 1.807) is 24.3 Å². The minimum atomic E-state index is -0.310. The normalized spacial score (nSPS) is 17.0. The van der Waals surface area contributed by atoms with Crippen LogP contribution < -0.4 is 4.90 Å². The highest BCUT2D eigenvalue weighted by Gasteiger charge is 2.37. The van der Waals surface area contributed by atoms with Gasteiger partial charge in [0, 0.05) is 6.08 Å². The predicted octanol–water partition coefficient (Wildman–Crippen LogP) is 4.14. The number of benzene rings is 1. The number of hydrogen-bond acceptors (Lipinski definition) is 4. The van der Waals surface area contributed by atoms with Gasteiger partial charge in [-0.25, -0.2) is 4.90 Å².